The van der Waals surface area contributed by atoms with Crippen molar-refractivity contribution in [2.24, 2.45) is 0 Å². The molecule has 0 aliphatic carbocycles. The van der Waals surface area contributed by atoms with Crippen LogP contribution in [0.4, 0.5) is 11.4 Å². The van der Waals surface area contributed by atoms with Crippen LogP contribution in [0.5, 0.6) is 5.75 Å². The molecule has 2 aromatic rings. The minimum absolute atomic E-state index is 0.313. The molecule has 1 heterocycles. The number of anilines is 2. The lowest BCUT2D eigenvalue weighted by atomic mass is 10.1. The van der Waals surface area contributed by atoms with E-state index in [0.717, 1.165) is 22.6 Å². The van der Waals surface area contributed by atoms with Crippen molar-refractivity contribution in [1.82, 2.24) is 4.98 Å². The van der Waals surface area contributed by atoms with E-state index in [1.807, 2.05) is 38.2 Å². The molecule has 2 rings (SSSR count). The zero-order chi connectivity index (χ0) is 10.8. The van der Waals surface area contributed by atoms with Crippen molar-refractivity contribution in [1.29, 1.82) is 0 Å². The third-order valence-corrected chi connectivity index (χ3v) is 2.53. The Morgan fingerprint density at radius 1 is 1.13 bits per heavy atom. The number of phenols is 1. The molecule has 0 radical (unpaired) electrons. The predicted molar refractivity (Wildman–Crippen MR) is 61.7 cm³/mol. The molecule has 3 heteroatoms. The van der Waals surface area contributed by atoms with Crippen LogP contribution in [0.25, 0.3) is 0 Å². The highest BCUT2D eigenvalue weighted by molar-refractivity contribution is 5.66. The third-order valence-electron chi connectivity index (χ3n) is 2.53. The first-order chi connectivity index (χ1) is 7.18. The summed E-state index contributed by atoms with van der Waals surface area (Å²) >= 11 is 0. The minimum atomic E-state index is 0.313. The van der Waals surface area contributed by atoms with Gasteiger partial charge in [0.05, 0.1) is 5.69 Å². The monoisotopic (exact) mass is 202 g/mol. The van der Waals surface area contributed by atoms with Crippen LogP contribution in [0.1, 0.15) is 11.3 Å². The summed E-state index contributed by atoms with van der Waals surface area (Å²) in [6.07, 6.45) is 1.88. The summed E-state index contributed by atoms with van der Waals surface area (Å²) < 4.78 is 0. The summed E-state index contributed by atoms with van der Waals surface area (Å²) in [4.78, 5) is 3.10. The SMILES string of the molecule is Cc1[nH]ccc1Nc1cccc(O)c1C. The summed E-state index contributed by atoms with van der Waals surface area (Å²) in [5.41, 5.74) is 3.90. The number of aromatic amines is 1. The van der Waals surface area contributed by atoms with Gasteiger partial charge >= 0.3 is 0 Å². The number of nitrogens with one attached hydrogen (secondary N) is 2. The first-order valence-electron chi connectivity index (χ1n) is 4.88. The van der Waals surface area contributed by atoms with E-state index in [-0.39, 0.29) is 0 Å². The number of benzene rings is 1. The van der Waals surface area contributed by atoms with E-state index in [0.29, 0.717) is 5.75 Å². The Bertz CT molecular complexity index is 474. The molecule has 0 saturated carbocycles. The number of H-pyrrole nitrogens is 1. The summed E-state index contributed by atoms with van der Waals surface area (Å²) in [5.74, 6) is 0.313. The topological polar surface area (TPSA) is 48.0 Å². The van der Waals surface area contributed by atoms with Gasteiger partial charge in [-0.1, -0.05) is 6.07 Å². The van der Waals surface area contributed by atoms with Crippen LogP contribution in [-0.4, -0.2) is 10.1 Å². The maximum absolute atomic E-state index is 9.55. The minimum Gasteiger partial charge on any atom is -0.508 e. The zero-order valence-corrected chi connectivity index (χ0v) is 8.83. The number of aromatic nitrogens is 1. The Morgan fingerprint density at radius 3 is 2.60 bits per heavy atom. The van der Waals surface area contributed by atoms with E-state index in [1.165, 1.54) is 0 Å². The Morgan fingerprint density at radius 2 is 1.93 bits per heavy atom. The number of hydrogen-bond acceptors (Lipinski definition) is 2. The van der Waals surface area contributed by atoms with Crippen LogP contribution in [0.3, 0.4) is 0 Å². The average Bonchev–Trinajstić information content (AvgIpc) is 2.60. The van der Waals surface area contributed by atoms with Gasteiger partial charge in [-0.05, 0) is 32.0 Å². The molecule has 0 fully saturated rings. The van der Waals surface area contributed by atoms with Gasteiger partial charge in [-0.25, -0.2) is 0 Å². The molecule has 0 unspecified atom stereocenters. The number of phenolic OH excluding ortho intramolecular Hbond substituents is 1. The maximum Gasteiger partial charge on any atom is 0.120 e. The lowest BCUT2D eigenvalue weighted by Gasteiger charge is -2.09. The molecular formula is C12H14N2O. The number of hydrogen-bond donors (Lipinski definition) is 3. The van der Waals surface area contributed by atoms with Gasteiger partial charge in [0, 0.05) is 23.1 Å². The van der Waals surface area contributed by atoms with E-state index in [2.05, 4.69) is 10.3 Å². The van der Waals surface area contributed by atoms with Gasteiger partial charge in [0.2, 0.25) is 0 Å². The average molecular weight is 202 g/mol. The summed E-state index contributed by atoms with van der Waals surface area (Å²) in [7, 11) is 0. The Balaban J connectivity index is 2.33. The molecule has 0 bridgehead atoms. The molecule has 1 aromatic carbocycles. The summed E-state index contributed by atoms with van der Waals surface area (Å²) in [6.45, 7) is 3.89. The second-order valence-corrected chi connectivity index (χ2v) is 3.59. The van der Waals surface area contributed by atoms with E-state index in [4.69, 9.17) is 0 Å². The highest BCUT2D eigenvalue weighted by Crippen LogP contribution is 2.27. The number of rotatable bonds is 2. The molecule has 0 saturated heterocycles. The molecular weight excluding hydrogens is 188 g/mol. The van der Waals surface area contributed by atoms with Crippen LogP contribution in [-0.2, 0) is 0 Å². The first-order valence-corrected chi connectivity index (χ1v) is 4.88. The molecule has 0 aliphatic rings. The second kappa shape index (κ2) is 3.69. The van der Waals surface area contributed by atoms with Crippen molar-refractivity contribution in [2.45, 2.75) is 13.8 Å². The van der Waals surface area contributed by atoms with Crippen molar-refractivity contribution >= 4 is 11.4 Å². The van der Waals surface area contributed by atoms with Crippen LogP contribution in [0.2, 0.25) is 0 Å². The number of aryl methyl sites for hydroxylation is 1. The Kier molecular flexibility index (Phi) is 2.37. The van der Waals surface area contributed by atoms with Crippen molar-refractivity contribution < 1.29 is 5.11 Å². The normalized spacial score (nSPS) is 10.3. The predicted octanol–water partition coefficient (Wildman–Crippen LogP) is 3.08. The molecule has 3 nitrogen and oxygen atoms in total. The van der Waals surface area contributed by atoms with Gasteiger partial charge in [0.1, 0.15) is 5.75 Å². The van der Waals surface area contributed by atoms with Gasteiger partial charge in [-0.15, -0.1) is 0 Å². The van der Waals surface area contributed by atoms with E-state index in [9.17, 15) is 5.11 Å². The first kappa shape index (κ1) is 9.65. The molecule has 0 amide bonds. The largest absolute Gasteiger partial charge is 0.508 e. The fraction of sp³-hybridized carbons (Fsp3) is 0.167. The lowest BCUT2D eigenvalue weighted by Crippen LogP contribution is -1.93. The van der Waals surface area contributed by atoms with Gasteiger partial charge in [0.15, 0.2) is 0 Å². The fourth-order valence-electron chi connectivity index (χ4n) is 1.49. The Labute approximate surface area is 88.8 Å². The molecule has 3 N–H and O–H groups in total. The zero-order valence-electron chi connectivity index (χ0n) is 8.83. The standard InChI is InChI=1S/C12H14N2O/c1-8-10(4-3-5-12(8)15)14-11-6-7-13-9(11)2/h3-7,13-15H,1-2H3. The molecule has 0 atom stereocenters. The molecule has 1 aromatic heterocycles. The Hall–Kier alpha value is -1.90. The summed E-state index contributed by atoms with van der Waals surface area (Å²) in [5, 5.41) is 12.8. The second-order valence-electron chi connectivity index (χ2n) is 3.59. The van der Waals surface area contributed by atoms with Crippen LogP contribution in [0, 0.1) is 13.8 Å². The van der Waals surface area contributed by atoms with E-state index >= 15 is 0 Å². The van der Waals surface area contributed by atoms with Gasteiger partial charge in [-0.2, -0.15) is 0 Å². The van der Waals surface area contributed by atoms with Crippen molar-refractivity contribution in [3.63, 3.8) is 0 Å². The van der Waals surface area contributed by atoms with E-state index < -0.39 is 0 Å². The smallest absolute Gasteiger partial charge is 0.120 e. The number of aromatic hydroxyl groups is 1. The highest BCUT2D eigenvalue weighted by atomic mass is 16.3. The molecule has 0 aliphatic heterocycles. The van der Waals surface area contributed by atoms with Gasteiger partial charge in [0.25, 0.3) is 0 Å². The molecule has 15 heavy (non-hydrogen) atoms. The quantitative estimate of drug-likeness (QED) is 0.700. The van der Waals surface area contributed by atoms with Crippen molar-refractivity contribution in [2.75, 3.05) is 5.32 Å². The fourth-order valence-corrected chi connectivity index (χ4v) is 1.49. The highest BCUT2D eigenvalue weighted by Gasteiger charge is 2.04. The van der Waals surface area contributed by atoms with Crippen LogP contribution in [0.15, 0.2) is 30.5 Å². The van der Waals surface area contributed by atoms with Crippen LogP contribution < -0.4 is 5.32 Å². The molecule has 0 spiro atoms. The van der Waals surface area contributed by atoms with Gasteiger partial charge < -0.3 is 15.4 Å². The summed E-state index contributed by atoms with van der Waals surface area (Å²) in [6, 6.07) is 7.43. The van der Waals surface area contributed by atoms with Gasteiger partial charge in [-0.3, -0.25) is 0 Å². The van der Waals surface area contributed by atoms with Crippen molar-refractivity contribution in [3.05, 3.63) is 41.7 Å². The maximum atomic E-state index is 9.55. The third kappa shape index (κ3) is 1.81. The molecule has 78 valence electrons. The van der Waals surface area contributed by atoms with Crippen LogP contribution >= 0.6 is 0 Å². The van der Waals surface area contributed by atoms with Crippen molar-refractivity contribution in [3.8, 4) is 5.75 Å². The lowest BCUT2D eigenvalue weighted by molar-refractivity contribution is 0.471. The van der Waals surface area contributed by atoms with E-state index in [1.54, 1.807) is 6.07 Å².